The Morgan fingerprint density at radius 2 is 1.67 bits per heavy atom. The lowest BCUT2D eigenvalue weighted by molar-refractivity contribution is -0.136. The minimum absolute atomic E-state index is 0.0437. The molecule has 24 heavy (non-hydrogen) atoms. The smallest absolute Gasteiger partial charge is 0.331 e. The molecule has 0 spiro atoms. The Morgan fingerprint density at radius 3 is 2.04 bits per heavy atom. The summed E-state index contributed by atoms with van der Waals surface area (Å²) in [6.07, 6.45) is 1.57. The quantitative estimate of drug-likeness (QED) is 0.642. The molecule has 0 radical (unpaired) electrons. The molecular weight excluding hydrogens is 310 g/mol. The number of amides is 2. The van der Waals surface area contributed by atoms with Crippen LogP contribution in [0.4, 0.5) is 0 Å². The number of carboxylic acid groups (broad SMARTS) is 1. The highest BCUT2D eigenvalue weighted by Crippen LogP contribution is 2.14. The van der Waals surface area contributed by atoms with Gasteiger partial charge in [0.2, 0.25) is 11.8 Å². The minimum Gasteiger partial charge on any atom is -0.478 e. The first kappa shape index (κ1) is 22.1. The van der Waals surface area contributed by atoms with Gasteiger partial charge in [-0.2, -0.15) is 0 Å². The van der Waals surface area contributed by atoms with Crippen LogP contribution in [0.5, 0.6) is 0 Å². The Bertz CT molecular complexity index is 510. The van der Waals surface area contributed by atoms with Gasteiger partial charge in [0.05, 0.1) is 18.1 Å². The fourth-order valence-electron chi connectivity index (χ4n) is 1.95. The van der Waals surface area contributed by atoms with Gasteiger partial charge < -0.3 is 15.3 Å². The predicted molar refractivity (Wildman–Crippen MR) is 93.6 cm³/mol. The first-order chi connectivity index (χ1) is 10.8. The molecule has 0 aliphatic rings. The van der Waals surface area contributed by atoms with Crippen molar-refractivity contribution in [3.05, 3.63) is 11.6 Å². The number of carbonyl (C=O) groups excluding carboxylic acids is 2. The zero-order valence-corrected chi connectivity index (χ0v) is 16.0. The molecule has 0 bridgehead atoms. The summed E-state index contributed by atoms with van der Waals surface area (Å²) in [5, 5.41) is 11.7. The molecule has 7 nitrogen and oxygen atoms in total. The van der Waals surface area contributed by atoms with Gasteiger partial charge in [-0.15, -0.1) is 0 Å². The van der Waals surface area contributed by atoms with Gasteiger partial charge in [-0.1, -0.05) is 19.9 Å². The van der Waals surface area contributed by atoms with E-state index in [2.05, 4.69) is 5.32 Å². The van der Waals surface area contributed by atoms with E-state index in [1.54, 1.807) is 46.0 Å². The van der Waals surface area contributed by atoms with Crippen LogP contribution in [-0.2, 0) is 14.4 Å². The normalized spacial score (nSPS) is 13.8. The fraction of sp³-hybridized carbons (Fsp3) is 0.706. The van der Waals surface area contributed by atoms with Crippen molar-refractivity contribution in [2.75, 3.05) is 27.7 Å². The van der Waals surface area contributed by atoms with Crippen molar-refractivity contribution in [2.24, 2.45) is 5.92 Å². The van der Waals surface area contributed by atoms with Gasteiger partial charge in [-0.3, -0.25) is 14.5 Å². The lowest BCUT2D eigenvalue weighted by Gasteiger charge is -2.32. The molecule has 0 aliphatic carbocycles. The maximum Gasteiger partial charge on any atom is 0.331 e. The van der Waals surface area contributed by atoms with E-state index in [0.29, 0.717) is 0 Å². The van der Waals surface area contributed by atoms with E-state index in [9.17, 15) is 14.4 Å². The first-order valence-electron chi connectivity index (χ1n) is 7.95. The SMILES string of the molecule is CC(=C[C@H](C(C)C)N(C)C(=O)CNC(=O)C(C)(C)N(C)C)C(=O)O. The summed E-state index contributed by atoms with van der Waals surface area (Å²) < 4.78 is 0. The minimum atomic E-state index is -1.01. The average Bonchev–Trinajstić information content (AvgIpc) is 2.47. The van der Waals surface area contributed by atoms with Crippen molar-refractivity contribution >= 4 is 17.8 Å². The third kappa shape index (κ3) is 5.96. The highest BCUT2D eigenvalue weighted by atomic mass is 16.4. The van der Waals surface area contributed by atoms with Gasteiger partial charge in [0.15, 0.2) is 0 Å². The molecule has 2 N–H and O–H groups in total. The summed E-state index contributed by atoms with van der Waals surface area (Å²) >= 11 is 0. The van der Waals surface area contributed by atoms with E-state index >= 15 is 0 Å². The fourth-order valence-corrected chi connectivity index (χ4v) is 1.95. The van der Waals surface area contributed by atoms with Crippen molar-refractivity contribution in [3.8, 4) is 0 Å². The molecule has 0 saturated heterocycles. The Hall–Kier alpha value is -1.89. The van der Waals surface area contributed by atoms with Crippen molar-refractivity contribution in [1.82, 2.24) is 15.1 Å². The van der Waals surface area contributed by atoms with E-state index in [1.165, 1.54) is 11.8 Å². The average molecular weight is 341 g/mol. The Kier molecular flexibility index (Phi) is 8.13. The third-order valence-corrected chi connectivity index (χ3v) is 4.36. The molecule has 7 heteroatoms. The topological polar surface area (TPSA) is 90.0 Å². The van der Waals surface area contributed by atoms with Crippen LogP contribution in [0, 0.1) is 5.92 Å². The summed E-state index contributed by atoms with van der Waals surface area (Å²) in [7, 11) is 5.20. The molecule has 138 valence electrons. The van der Waals surface area contributed by atoms with Crippen molar-refractivity contribution in [2.45, 2.75) is 46.2 Å². The van der Waals surface area contributed by atoms with Crippen LogP contribution in [0.3, 0.4) is 0 Å². The molecule has 0 fully saturated rings. The Morgan fingerprint density at radius 1 is 1.17 bits per heavy atom. The molecule has 0 aliphatic heterocycles. The third-order valence-electron chi connectivity index (χ3n) is 4.36. The van der Waals surface area contributed by atoms with Crippen molar-refractivity contribution < 1.29 is 19.5 Å². The summed E-state index contributed by atoms with van der Waals surface area (Å²) in [6, 6.07) is -0.354. The van der Waals surface area contributed by atoms with Gasteiger partial charge in [0.25, 0.3) is 0 Å². The molecule has 0 aromatic heterocycles. The van der Waals surface area contributed by atoms with Crippen LogP contribution in [0.1, 0.15) is 34.6 Å². The predicted octanol–water partition coefficient (Wildman–Crippen LogP) is 0.957. The molecular formula is C17H31N3O4. The number of hydrogen-bond donors (Lipinski definition) is 2. The molecule has 0 unspecified atom stereocenters. The van der Waals surface area contributed by atoms with Gasteiger partial charge >= 0.3 is 5.97 Å². The summed E-state index contributed by atoms with van der Waals surface area (Å²) in [5.41, 5.74) is -0.540. The Balaban J connectivity index is 4.99. The lowest BCUT2D eigenvalue weighted by atomic mass is 10.00. The largest absolute Gasteiger partial charge is 0.478 e. The number of carbonyl (C=O) groups is 3. The maximum absolute atomic E-state index is 12.4. The van der Waals surface area contributed by atoms with Gasteiger partial charge in [-0.25, -0.2) is 4.79 Å². The molecule has 0 aromatic carbocycles. The van der Waals surface area contributed by atoms with Crippen LogP contribution in [-0.4, -0.2) is 72.0 Å². The number of nitrogens with zero attached hydrogens (tertiary/aromatic N) is 2. The number of likely N-dealkylation sites (N-methyl/N-ethyl adjacent to an activating group) is 2. The van der Waals surface area contributed by atoms with Crippen LogP contribution in [0.2, 0.25) is 0 Å². The summed E-state index contributed by atoms with van der Waals surface area (Å²) in [4.78, 5) is 38.8. The molecule has 0 rings (SSSR count). The van der Waals surface area contributed by atoms with E-state index < -0.39 is 11.5 Å². The van der Waals surface area contributed by atoms with Crippen molar-refractivity contribution in [1.29, 1.82) is 0 Å². The van der Waals surface area contributed by atoms with E-state index in [0.717, 1.165) is 0 Å². The van der Waals surface area contributed by atoms with E-state index in [4.69, 9.17) is 5.11 Å². The van der Waals surface area contributed by atoms with Crippen LogP contribution < -0.4 is 5.32 Å². The number of hydrogen-bond acceptors (Lipinski definition) is 4. The standard InChI is InChI=1S/C17H31N3O4/c1-11(2)13(9-12(3)15(22)23)20(8)14(21)10-18-16(24)17(4,5)19(6)7/h9,11,13H,10H2,1-8H3,(H,18,24)(H,22,23)/t13-/m1/s1. The summed E-state index contributed by atoms with van der Waals surface area (Å²) in [5.74, 6) is -1.48. The lowest BCUT2D eigenvalue weighted by Crippen LogP contribution is -2.54. The molecule has 2 amide bonds. The molecule has 0 aromatic rings. The first-order valence-corrected chi connectivity index (χ1v) is 7.95. The van der Waals surface area contributed by atoms with Gasteiger partial charge in [0, 0.05) is 12.6 Å². The van der Waals surface area contributed by atoms with E-state index in [-0.39, 0.29) is 35.9 Å². The van der Waals surface area contributed by atoms with Gasteiger partial charge in [-0.05, 0) is 40.8 Å². The highest BCUT2D eigenvalue weighted by molar-refractivity contribution is 5.90. The Labute approximate surface area is 144 Å². The zero-order valence-electron chi connectivity index (χ0n) is 16.0. The number of aliphatic carboxylic acids is 1. The van der Waals surface area contributed by atoms with Gasteiger partial charge in [0.1, 0.15) is 0 Å². The molecule has 1 atom stereocenters. The summed E-state index contributed by atoms with van der Waals surface area (Å²) in [6.45, 7) is 8.73. The zero-order chi connectivity index (χ0) is 19.2. The van der Waals surface area contributed by atoms with Crippen LogP contribution >= 0.6 is 0 Å². The number of rotatable bonds is 8. The molecule has 0 saturated carbocycles. The number of nitrogens with one attached hydrogen (secondary N) is 1. The number of carboxylic acids is 1. The molecule has 0 heterocycles. The second-order valence-electron chi connectivity index (χ2n) is 7.03. The van der Waals surface area contributed by atoms with E-state index in [1.807, 2.05) is 13.8 Å². The monoisotopic (exact) mass is 341 g/mol. The van der Waals surface area contributed by atoms with Crippen molar-refractivity contribution in [3.63, 3.8) is 0 Å². The second-order valence-corrected chi connectivity index (χ2v) is 7.03. The second kappa shape index (κ2) is 8.82. The highest BCUT2D eigenvalue weighted by Gasteiger charge is 2.30. The van der Waals surface area contributed by atoms with Crippen LogP contribution in [0.25, 0.3) is 0 Å². The maximum atomic E-state index is 12.4. The van der Waals surface area contributed by atoms with Crippen LogP contribution in [0.15, 0.2) is 11.6 Å².